The average Bonchev–Trinajstić information content (AvgIpc) is 2.70. The Kier molecular flexibility index (Phi) is 5.71. The minimum atomic E-state index is -1.28. The topological polar surface area (TPSA) is 82.8 Å². The Balaban J connectivity index is 1.88. The van der Waals surface area contributed by atoms with Crippen LogP contribution in [0.1, 0.15) is 22.8 Å². The molecule has 140 valence electrons. The fourth-order valence-corrected chi connectivity index (χ4v) is 3.60. The largest absolute Gasteiger partial charge is 0.497 e. The highest BCUT2D eigenvalue weighted by Gasteiger charge is 2.17. The Morgan fingerprint density at radius 3 is 2.67 bits per heavy atom. The molecule has 0 aliphatic rings. The van der Waals surface area contributed by atoms with Crippen LogP contribution in [0.3, 0.4) is 0 Å². The van der Waals surface area contributed by atoms with Crippen LogP contribution in [-0.2, 0) is 22.1 Å². The van der Waals surface area contributed by atoms with Crippen molar-refractivity contribution in [2.75, 3.05) is 12.9 Å². The number of carbonyl (C=O) groups excluding carboxylic acids is 1. The lowest BCUT2D eigenvalue weighted by Gasteiger charge is -2.10. The molecular weight excluding hydrogens is 368 g/mol. The molecule has 0 fully saturated rings. The second-order valence-electron chi connectivity index (χ2n) is 5.66. The van der Waals surface area contributed by atoms with Crippen LogP contribution >= 0.6 is 0 Å². The summed E-state index contributed by atoms with van der Waals surface area (Å²) in [5, 5.41) is 0.647. The molecule has 3 aromatic rings. The third-order valence-electron chi connectivity index (χ3n) is 4.01. The molecule has 27 heavy (non-hydrogen) atoms. The van der Waals surface area contributed by atoms with Gasteiger partial charge < -0.3 is 13.9 Å². The predicted octanol–water partition coefficient (Wildman–Crippen LogP) is 3.29. The molecule has 2 aromatic carbocycles. The highest BCUT2D eigenvalue weighted by molar-refractivity contribution is 7.85. The zero-order valence-electron chi connectivity index (χ0n) is 14.9. The first-order chi connectivity index (χ1) is 13.0. The molecule has 3 rings (SSSR count). The van der Waals surface area contributed by atoms with E-state index in [1.807, 2.05) is 0 Å². The summed E-state index contributed by atoms with van der Waals surface area (Å²) in [5.74, 6) is 0.356. The Bertz CT molecular complexity index is 1070. The zero-order valence-corrected chi connectivity index (χ0v) is 15.7. The minimum Gasteiger partial charge on any atom is -0.497 e. The number of carbonyl (C=O) groups is 1. The van der Waals surface area contributed by atoms with Crippen molar-refractivity contribution in [1.82, 2.24) is 0 Å². The van der Waals surface area contributed by atoms with E-state index in [1.165, 1.54) is 13.2 Å². The summed E-state index contributed by atoms with van der Waals surface area (Å²) < 4.78 is 27.8. The van der Waals surface area contributed by atoms with Crippen LogP contribution in [0, 0.1) is 0 Å². The molecule has 0 N–H and O–H groups in total. The summed E-state index contributed by atoms with van der Waals surface area (Å²) in [4.78, 5) is 24.8. The lowest BCUT2D eigenvalue weighted by Crippen LogP contribution is -2.11. The maximum atomic E-state index is 12.5. The lowest BCUT2D eigenvalue weighted by atomic mass is 10.1. The van der Waals surface area contributed by atoms with Gasteiger partial charge in [0.1, 0.15) is 17.9 Å². The summed E-state index contributed by atoms with van der Waals surface area (Å²) in [7, 11) is 0.236. The van der Waals surface area contributed by atoms with Gasteiger partial charge in [-0.1, -0.05) is 19.1 Å². The molecule has 6 nitrogen and oxygen atoms in total. The van der Waals surface area contributed by atoms with Crippen molar-refractivity contribution in [3.63, 3.8) is 0 Å². The van der Waals surface area contributed by atoms with E-state index < -0.39 is 22.4 Å². The van der Waals surface area contributed by atoms with Gasteiger partial charge in [-0.3, -0.25) is 4.21 Å². The van der Waals surface area contributed by atoms with Crippen molar-refractivity contribution < 1.29 is 22.9 Å². The van der Waals surface area contributed by atoms with Gasteiger partial charge in [-0.15, -0.1) is 0 Å². The van der Waals surface area contributed by atoms with Crippen molar-refractivity contribution >= 4 is 27.7 Å². The maximum Gasteiger partial charge on any atom is 0.339 e. The Hall–Kier alpha value is -2.93. The third-order valence-corrected chi connectivity index (χ3v) is 5.38. The monoisotopic (exact) mass is 386 g/mol. The average molecular weight is 386 g/mol. The quantitative estimate of drug-likeness (QED) is 0.478. The smallest absolute Gasteiger partial charge is 0.339 e. The Labute approximate surface area is 158 Å². The van der Waals surface area contributed by atoms with Crippen molar-refractivity contribution in [3.8, 4) is 5.75 Å². The zero-order chi connectivity index (χ0) is 19.4. The molecule has 1 heterocycles. The molecular formula is C20H18O6S. The Morgan fingerprint density at radius 2 is 1.93 bits per heavy atom. The molecule has 0 radical (unpaired) electrons. The molecule has 0 aliphatic carbocycles. The van der Waals surface area contributed by atoms with E-state index >= 15 is 0 Å². The molecule has 0 amide bonds. The van der Waals surface area contributed by atoms with Gasteiger partial charge in [-0.05, 0) is 24.3 Å². The van der Waals surface area contributed by atoms with Crippen LogP contribution in [0.2, 0.25) is 0 Å². The molecule has 0 bridgehead atoms. The normalized spacial score (nSPS) is 11.9. The van der Waals surface area contributed by atoms with E-state index in [1.54, 1.807) is 49.4 Å². The van der Waals surface area contributed by atoms with Crippen LogP contribution in [0.4, 0.5) is 0 Å². The van der Waals surface area contributed by atoms with Crippen LogP contribution in [0.5, 0.6) is 5.75 Å². The van der Waals surface area contributed by atoms with E-state index in [0.717, 1.165) is 0 Å². The predicted molar refractivity (Wildman–Crippen MR) is 102 cm³/mol. The van der Waals surface area contributed by atoms with Crippen molar-refractivity contribution in [1.29, 1.82) is 0 Å². The van der Waals surface area contributed by atoms with E-state index in [0.29, 0.717) is 32.9 Å². The second-order valence-corrected chi connectivity index (χ2v) is 7.37. The van der Waals surface area contributed by atoms with Gasteiger partial charge in [0.25, 0.3) is 0 Å². The van der Waals surface area contributed by atoms with Crippen molar-refractivity contribution in [3.05, 3.63) is 70.1 Å². The number of rotatable bonds is 6. The number of hydrogen-bond acceptors (Lipinski definition) is 6. The first-order valence-electron chi connectivity index (χ1n) is 8.28. The fraction of sp³-hybridized carbons (Fsp3) is 0.200. The van der Waals surface area contributed by atoms with Gasteiger partial charge in [-0.25, -0.2) is 9.59 Å². The van der Waals surface area contributed by atoms with E-state index in [2.05, 4.69) is 0 Å². The summed E-state index contributed by atoms with van der Waals surface area (Å²) in [6.45, 7) is 1.67. The second kappa shape index (κ2) is 8.18. The summed E-state index contributed by atoms with van der Waals surface area (Å²) in [6.07, 6.45) is 0. The van der Waals surface area contributed by atoms with Gasteiger partial charge in [0.05, 0.1) is 28.4 Å². The number of benzene rings is 2. The number of methoxy groups -OCH3 is 1. The molecule has 0 aliphatic heterocycles. The van der Waals surface area contributed by atoms with Crippen LogP contribution in [0.15, 0.2) is 62.6 Å². The highest BCUT2D eigenvalue weighted by Crippen LogP contribution is 2.23. The third kappa shape index (κ3) is 4.09. The number of esters is 1. The standard InChI is InChI=1S/C20H18O6S/c1-3-27(23)18-7-5-4-6-16(18)20(22)25-12-13-10-19(21)26-17-11-14(24-2)8-9-15(13)17/h4-11H,3,12H2,1-2H3. The highest BCUT2D eigenvalue weighted by atomic mass is 32.2. The van der Waals surface area contributed by atoms with Gasteiger partial charge in [0.15, 0.2) is 0 Å². The molecule has 0 saturated carbocycles. The van der Waals surface area contributed by atoms with Crippen LogP contribution < -0.4 is 10.4 Å². The van der Waals surface area contributed by atoms with Crippen LogP contribution in [0.25, 0.3) is 11.0 Å². The maximum absolute atomic E-state index is 12.5. The minimum absolute atomic E-state index is 0.111. The van der Waals surface area contributed by atoms with Crippen LogP contribution in [-0.4, -0.2) is 23.0 Å². The number of ether oxygens (including phenoxy) is 2. The van der Waals surface area contributed by atoms with Gasteiger partial charge in [-0.2, -0.15) is 0 Å². The SMILES string of the molecule is CCS(=O)c1ccccc1C(=O)OCc1cc(=O)oc2cc(OC)ccc12. The first-order valence-corrected chi connectivity index (χ1v) is 9.60. The molecule has 1 atom stereocenters. The Morgan fingerprint density at radius 1 is 1.15 bits per heavy atom. The van der Waals surface area contributed by atoms with Crippen molar-refractivity contribution in [2.45, 2.75) is 18.4 Å². The molecule has 1 unspecified atom stereocenters. The molecule has 7 heteroatoms. The summed E-state index contributed by atoms with van der Waals surface area (Å²) in [5.41, 5.74) is 0.577. The molecule has 0 spiro atoms. The van der Waals surface area contributed by atoms with Gasteiger partial charge in [0.2, 0.25) is 0 Å². The number of hydrogen-bond donors (Lipinski definition) is 0. The summed E-state index contributed by atoms with van der Waals surface area (Å²) in [6, 6.07) is 13.0. The van der Waals surface area contributed by atoms with E-state index in [9.17, 15) is 13.8 Å². The molecule has 0 saturated heterocycles. The van der Waals surface area contributed by atoms with E-state index in [-0.39, 0.29) is 12.2 Å². The molecule has 1 aromatic heterocycles. The van der Waals surface area contributed by atoms with Gasteiger partial charge in [0, 0.05) is 28.8 Å². The van der Waals surface area contributed by atoms with E-state index in [4.69, 9.17) is 13.9 Å². The first kappa shape index (κ1) is 18.8. The van der Waals surface area contributed by atoms with Gasteiger partial charge >= 0.3 is 11.6 Å². The summed E-state index contributed by atoms with van der Waals surface area (Å²) >= 11 is 0. The number of fused-ring (bicyclic) bond motifs is 1. The van der Waals surface area contributed by atoms with Crippen molar-refractivity contribution in [2.24, 2.45) is 0 Å². The lowest BCUT2D eigenvalue weighted by molar-refractivity contribution is 0.0469. The fourth-order valence-electron chi connectivity index (χ4n) is 2.67.